The van der Waals surface area contributed by atoms with Gasteiger partial charge in [0.2, 0.25) is 0 Å². The molecule has 4 heteroatoms. The molecule has 1 saturated heterocycles. The minimum absolute atomic E-state index is 0.338. The molecule has 0 bridgehead atoms. The standard InChI is InChI=1S/C17H28N2O2/c1-13(2)15-7-8-19(10-15)11-16(20)12-21-17-5-3-14(9-18)4-6-17/h3-6,13,15-16,20H,7-12,18H2,1-2H3. The SMILES string of the molecule is CC(C)C1CCN(CC(O)COc2ccc(CN)cc2)C1. The van der Waals surface area contributed by atoms with E-state index < -0.39 is 6.10 Å². The van der Waals surface area contributed by atoms with E-state index in [-0.39, 0.29) is 0 Å². The normalized spacial score (nSPS) is 20.9. The zero-order valence-electron chi connectivity index (χ0n) is 13.2. The predicted octanol–water partition coefficient (Wildman–Crippen LogP) is 1.86. The van der Waals surface area contributed by atoms with E-state index in [0.29, 0.717) is 19.7 Å². The molecule has 0 saturated carbocycles. The van der Waals surface area contributed by atoms with Crippen LogP contribution in [0.25, 0.3) is 0 Å². The van der Waals surface area contributed by atoms with Crippen molar-refractivity contribution in [3.05, 3.63) is 29.8 Å². The fraction of sp³-hybridized carbons (Fsp3) is 0.647. The summed E-state index contributed by atoms with van der Waals surface area (Å²) in [5.41, 5.74) is 6.64. The second-order valence-electron chi connectivity index (χ2n) is 6.37. The minimum Gasteiger partial charge on any atom is -0.491 e. The van der Waals surface area contributed by atoms with Gasteiger partial charge in [0.1, 0.15) is 18.5 Å². The molecule has 1 aromatic carbocycles. The summed E-state index contributed by atoms with van der Waals surface area (Å²) in [5, 5.41) is 10.1. The van der Waals surface area contributed by atoms with E-state index in [1.807, 2.05) is 24.3 Å². The van der Waals surface area contributed by atoms with Crippen molar-refractivity contribution >= 4 is 0 Å². The quantitative estimate of drug-likeness (QED) is 0.805. The van der Waals surface area contributed by atoms with Gasteiger partial charge < -0.3 is 20.5 Å². The van der Waals surface area contributed by atoms with Gasteiger partial charge in [-0.2, -0.15) is 0 Å². The Morgan fingerprint density at radius 1 is 1.33 bits per heavy atom. The zero-order chi connectivity index (χ0) is 15.2. The van der Waals surface area contributed by atoms with Crippen LogP contribution in [0.3, 0.4) is 0 Å². The molecule has 1 aliphatic heterocycles. The molecule has 1 fully saturated rings. The van der Waals surface area contributed by atoms with Crippen LogP contribution in [0.15, 0.2) is 24.3 Å². The fourth-order valence-electron chi connectivity index (χ4n) is 2.84. The topological polar surface area (TPSA) is 58.7 Å². The molecule has 2 rings (SSSR count). The van der Waals surface area contributed by atoms with Crippen LogP contribution in [0.5, 0.6) is 5.75 Å². The largest absolute Gasteiger partial charge is 0.491 e. The Balaban J connectivity index is 1.71. The van der Waals surface area contributed by atoms with Crippen LogP contribution in [-0.4, -0.2) is 42.4 Å². The molecular formula is C17H28N2O2. The summed E-state index contributed by atoms with van der Waals surface area (Å²) in [4.78, 5) is 2.34. The van der Waals surface area contributed by atoms with Gasteiger partial charge in [0.05, 0.1) is 0 Å². The third-order valence-electron chi connectivity index (χ3n) is 4.32. The smallest absolute Gasteiger partial charge is 0.119 e. The number of aliphatic hydroxyl groups excluding tert-OH is 1. The molecule has 1 heterocycles. The molecule has 3 N–H and O–H groups in total. The van der Waals surface area contributed by atoms with Gasteiger partial charge in [0.15, 0.2) is 0 Å². The summed E-state index contributed by atoms with van der Waals surface area (Å²) in [6.45, 7) is 8.31. The van der Waals surface area contributed by atoms with Gasteiger partial charge in [-0.1, -0.05) is 26.0 Å². The summed E-state index contributed by atoms with van der Waals surface area (Å²) in [6, 6.07) is 7.71. The first-order valence-electron chi connectivity index (χ1n) is 7.90. The minimum atomic E-state index is -0.440. The van der Waals surface area contributed by atoms with E-state index in [0.717, 1.165) is 36.2 Å². The molecule has 2 unspecified atom stereocenters. The summed E-state index contributed by atoms with van der Waals surface area (Å²) >= 11 is 0. The van der Waals surface area contributed by atoms with Crippen molar-refractivity contribution in [2.75, 3.05) is 26.2 Å². The molecule has 0 radical (unpaired) electrons. The molecule has 1 aliphatic rings. The fourth-order valence-corrected chi connectivity index (χ4v) is 2.84. The third kappa shape index (κ3) is 4.99. The van der Waals surface area contributed by atoms with Gasteiger partial charge >= 0.3 is 0 Å². The van der Waals surface area contributed by atoms with Crippen LogP contribution in [-0.2, 0) is 6.54 Å². The highest BCUT2D eigenvalue weighted by Crippen LogP contribution is 2.23. The lowest BCUT2D eigenvalue weighted by Gasteiger charge is -2.21. The Labute approximate surface area is 127 Å². The first kappa shape index (κ1) is 16.3. The lowest BCUT2D eigenvalue weighted by atomic mass is 9.95. The molecule has 118 valence electrons. The monoisotopic (exact) mass is 292 g/mol. The molecule has 21 heavy (non-hydrogen) atoms. The first-order chi connectivity index (χ1) is 10.1. The van der Waals surface area contributed by atoms with Crippen LogP contribution in [0.2, 0.25) is 0 Å². The summed E-state index contributed by atoms with van der Waals surface area (Å²) in [5.74, 6) is 2.28. The second kappa shape index (κ2) is 7.78. The van der Waals surface area contributed by atoms with Gasteiger partial charge in [-0.05, 0) is 42.5 Å². The molecule has 2 atom stereocenters. The van der Waals surface area contributed by atoms with Crippen molar-refractivity contribution in [3.63, 3.8) is 0 Å². The van der Waals surface area contributed by atoms with E-state index in [2.05, 4.69) is 18.7 Å². The Bertz CT molecular complexity index is 419. The van der Waals surface area contributed by atoms with Crippen molar-refractivity contribution < 1.29 is 9.84 Å². The highest BCUT2D eigenvalue weighted by atomic mass is 16.5. The molecule has 4 nitrogen and oxygen atoms in total. The van der Waals surface area contributed by atoms with E-state index in [1.54, 1.807) is 0 Å². The van der Waals surface area contributed by atoms with Crippen LogP contribution in [0, 0.1) is 11.8 Å². The average Bonchev–Trinajstić information content (AvgIpc) is 2.94. The Hall–Kier alpha value is -1.10. The number of β-amino-alcohol motifs (C(OH)–C–C–N with tert-alkyl or cyclic N) is 1. The van der Waals surface area contributed by atoms with Crippen molar-refractivity contribution in [1.82, 2.24) is 4.90 Å². The Kier molecular flexibility index (Phi) is 6.03. The van der Waals surface area contributed by atoms with Gasteiger partial charge in [-0.25, -0.2) is 0 Å². The van der Waals surface area contributed by atoms with Crippen LogP contribution in [0.4, 0.5) is 0 Å². The van der Waals surface area contributed by atoms with Gasteiger partial charge in [0.25, 0.3) is 0 Å². The van der Waals surface area contributed by atoms with Crippen LogP contribution >= 0.6 is 0 Å². The number of ether oxygens (including phenoxy) is 1. The van der Waals surface area contributed by atoms with Crippen LogP contribution in [0.1, 0.15) is 25.8 Å². The van der Waals surface area contributed by atoms with Crippen molar-refractivity contribution in [2.45, 2.75) is 32.9 Å². The maximum Gasteiger partial charge on any atom is 0.119 e. The van der Waals surface area contributed by atoms with E-state index in [9.17, 15) is 5.11 Å². The van der Waals surface area contributed by atoms with E-state index >= 15 is 0 Å². The maximum absolute atomic E-state index is 10.1. The number of nitrogens with zero attached hydrogens (tertiary/aromatic N) is 1. The van der Waals surface area contributed by atoms with Gasteiger partial charge in [-0.3, -0.25) is 0 Å². The number of rotatable bonds is 7. The predicted molar refractivity (Wildman–Crippen MR) is 85.2 cm³/mol. The Morgan fingerprint density at radius 2 is 2.05 bits per heavy atom. The van der Waals surface area contributed by atoms with Crippen molar-refractivity contribution in [3.8, 4) is 5.75 Å². The highest BCUT2D eigenvalue weighted by molar-refractivity contribution is 5.27. The zero-order valence-corrected chi connectivity index (χ0v) is 13.2. The molecule has 0 amide bonds. The molecule has 1 aromatic rings. The molecular weight excluding hydrogens is 264 g/mol. The number of benzene rings is 1. The maximum atomic E-state index is 10.1. The van der Waals surface area contributed by atoms with Gasteiger partial charge in [-0.15, -0.1) is 0 Å². The third-order valence-corrected chi connectivity index (χ3v) is 4.32. The highest BCUT2D eigenvalue weighted by Gasteiger charge is 2.26. The van der Waals surface area contributed by atoms with Crippen molar-refractivity contribution in [2.24, 2.45) is 17.6 Å². The summed E-state index contributed by atoms with van der Waals surface area (Å²) in [6.07, 6.45) is 0.802. The molecule has 0 aliphatic carbocycles. The lowest BCUT2D eigenvalue weighted by molar-refractivity contribution is 0.0740. The number of hydrogen-bond donors (Lipinski definition) is 2. The van der Waals surface area contributed by atoms with Gasteiger partial charge in [0, 0.05) is 19.6 Å². The van der Waals surface area contributed by atoms with E-state index in [1.165, 1.54) is 6.42 Å². The van der Waals surface area contributed by atoms with Crippen molar-refractivity contribution in [1.29, 1.82) is 0 Å². The number of hydrogen-bond acceptors (Lipinski definition) is 4. The molecule has 0 spiro atoms. The number of aliphatic hydroxyl groups is 1. The van der Waals surface area contributed by atoms with E-state index in [4.69, 9.17) is 10.5 Å². The molecule has 0 aromatic heterocycles. The lowest BCUT2D eigenvalue weighted by Crippen LogP contribution is -2.34. The summed E-state index contributed by atoms with van der Waals surface area (Å²) in [7, 11) is 0. The second-order valence-corrected chi connectivity index (χ2v) is 6.37. The average molecular weight is 292 g/mol. The summed E-state index contributed by atoms with van der Waals surface area (Å²) < 4.78 is 5.63. The number of nitrogens with two attached hydrogens (primary N) is 1. The number of likely N-dealkylation sites (tertiary alicyclic amines) is 1. The first-order valence-corrected chi connectivity index (χ1v) is 7.90. The Morgan fingerprint density at radius 3 is 2.62 bits per heavy atom. The van der Waals surface area contributed by atoms with Crippen LogP contribution < -0.4 is 10.5 Å².